The second kappa shape index (κ2) is 6.88. The Hall–Kier alpha value is -1.59. The second-order valence-electron chi connectivity index (χ2n) is 3.48. The van der Waals surface area contributed by atoms with E-state index < -0.39 is 12.1 Å². The van der Waals surface area contributed by atoms with Crippen LogP contribution in [0.4, 0.5) is 5.69 Å². The number of carbonyl (C=O) groups is 1. The summed E-state index contributed by atoms with van der Waals surface area (Å²) in [5, 5.41) is 20.8. The predicted molar refractivity (Wildman–Crippen MR) is 64.0 cm³/mol. The van der Waals surface area contributed by atoms with Gasteiger partial charge in [-0.2, -0.15) is 0 Å². The van der Waals surface area contributed by atoms with E-state index in [0.717, 1.165) is 0 Å². The number of aliphatic hydroxyl groups is 2. The largest absolute Gasteiger partial charge is 0.462 e. The zero-order valence-corrected chi connectivity index (χ0v) is 9.72. The van der Waals surface area contributed by atoms with Gasteiger partial charge in [0.1, 0.15) is 0 Å². The van der Waals surface area contributed by atoms with E-state index in [-0.39, 0.29) is 13.2 Å². The van der Waals surface area contributed by atoms with Crippen molar-refractivity contribution < 1.29 is 19.7 Å². The minimum Gasteiger partial charge on any atom is -0.462 e. The number of nitrogens with one attached hydrogen (secondary N) is 1. The van der Waals surface area contributed by atoms with Gasteiger partial charge in [-0.1, -0.05) is 12.1 Å². The molecule has 0 aliphatic rings. The highest BCUT2D eigenvalue weighted by Gasteiger charge is 2.12. The number of esters is 1. The van der Waals surface area contributed by atoms with Gasteiger partial charge in [0.2, 0.25) is 0 Å². The van der Waals surface area contributed by atoms with Gasteiger partial charge in [-0.05, 0) is 19.1 Å². The molecule has 5 nitrogen and oxygen atoms in total. The number of aliphatic hydroxyl groups excluding tert-OH is 2. The van der Waals surface area contributed by atoms with Crippen molar-refractivity contribution >= 4 is 11.7 Å². The van der Waals surface area contributed by atoms with Crippen LogP contribution >= 0.6 is 0 Å². The van der Waals surface area contributed by atoms with Gasteiger partial charge in [-0.15, -0.1) is 0 Å². The minimum absolute atomic E-state index is 0.174. The Morgan fingerprint density at radius 2 is 2.18 bits per heavy atom. The molecule has 17 heavy (non-hydrogen) atoms. The lowest BCUT2D eigenvalue weighted by molar-refractivity contribution is 0.0527. The molecule has 0 fully saturated rings. The highest BCUT2D eigenvalue weighted by molar-refractivity contribution is 5.95. The molecule has 0 bridgehead atoms. The molecular weight excluding hydrogens is 222 g/mol. The molecule has 1 unspecified atom stereocenters. The van der Waals surface area contributed by atoms with Crippen LogP contribution < -0.4 is 5.32 Å². The number of rotatable bonds is 6. The van der Waals surface area contributed by atoms with Gasteiger partial charge in [0, 0.05) is 12.2 Å². The van der Waals surface area contributed by atoms with E-state index in [9.17, 15) is 9.90 Å². The Kier molecular flexibility index (Phi) is 5.45. The van der Waals surface area contributed by atoms with Crippen molar-refractivity contribution in [3.8, 4) is 0 Å². The molecule has 0 aromatic heterocycles. The topological polar surface area (TPSA) is 78.8 Å². The van der Waals surface area contributed by atoms with Crippen LogP contribution in [0.5, 0.6) is 0 Å². The van der Waals surface area contributed by atoms with Crippen molar-refractivity contribution in [2.45, 2.75) is 13.0 Å². The van der Waals surface area contributed by atoms with Gasteiger partial charge in [0.25, 0.3) is 0 Å². The number of hydrogen-bond acceptors (Lipinski definition) is 5. The van der Waals surface area contributed by atoms with E-state index in [2.05, 4.69) is 5.32 Å². The Bertz CT molecular complexity index is 367. The summed E-state index contributed by atoms with van der Waals surface area (Å²) < 4.78 is 4.91. The fourth-order valence-electron chi connectivity index (χ4n) is 1.32. The average Bonchev–Trinajstić information content (AvgIpc) is 2.36. The zero-order valence-electron chi connectivity index (χ0n) is 9.72. The smallest absolute Gasteiger partial charge is 0.340 e. The van der Waals surface area contributed by atoms with E-state index >= 15 is 0 Å². The van der Waals surface area contributed by atoms with Crippen LogP contribution in [0.15, 0.2) is 24.3 Å². The molecule has 3 N–H and O–H groups in total. The SMILES string of the molecule is CCOC(=O)c1ccccc1NCC(O)CO. The molecule has 94 valence electrons. The molecule has 0 radical (unpaired) electrons. The summed E-state index contributed by atoms with van der Waals surface area (Å²) in [4.78, 5) is 11.6. The third kappa shape index (κ3) is 4.05. The molecular formula is C12H17NO4. The van der Waals surface area contributed by atoms with Crippen molar-refractivity contribution in [1.29, 1.82) is 0 Å². The predicted octanol–water partition coefficient (Wildman–Crippen LogP) is 0.628. The number of hydrogen-bond donors (Lipinski definition) is 3. The number of para-hydroxylation sites is 1. The molecule has 0 amide bonds. The number of carbonyl (C=O) groups excluding carboxylic acids is 1. The summed E-state index contributed by atoms with van der Waals surface area (Å²) in [7, 11) is 0. The second-order valence-corrected chi connectivity index (χ2v) is 3.48. The van der Waals surface area contributed by atoms with Crippen molar-refractivity contribution in [3.63, 3.8) is 0 Å². The van der Waals surface area contributed by atoms with Gasteiger partial charge in [-0.25, -0.2) is 4.79 Å². The molecule has 0 saturated carbocycles. The summed E-state index contributed by atoms with van der Waals surface area (Å²) in [6.45, 7) is 1.90. The molecule has 1 atom stereocenters. The third-order valence-corrected chi connectivity index (χ3v) is 2.16. The highest BCUT2D eigenvalue weighted by Crippen LogP contribution is 2.16. The van der Waals surface area contributed by atoms with Gasteiger partial charge in [-0.3, -0.25) is 0 Å². The standard InChI is InChI=1S/C12H17NO4/c1-2-17-12(16)10-5-3-4-6-11(10)13-7-9(15)8-14/h3-6,9,13-15H,2,7-8H2,1H3. The molecule has 0 spiro atoms. The molecule has 0 heterocycles. The first kappa shape index (κ1) is 13.5. The maximum Gasteiger partial charge on any atom is 0.340 e. The Balaban J connectivity index is 2.74. The fraction of sp³-hybridized carbons (Fsp3) is 0.417. The van der Waals surface area contributed by atoms with Crippen LogP contribution in [0, 0.1) is 0 Å². The summed E-state index contributed by atoms with van der Waals surface area (Å²) in [6.07, 6.45) is -0.856. The van der Waals surface area contributed by atoms with E-state index in [4.69, 9.17) is 9.84 Å². The van der Waals surface area contributed by atoms with Crippen LogP contribution in [0.2, 0.25) is 0 Å². The number of anilines is 1. The molecule has 1 rings (SSSR count). The minimum atomic E-state index is -0.856. The molecule has 1 aromatic carbocycles. The van der Waals surface area contributed by atoms with Gasteiger partial charge in [0.05, 0.1) is 24.9 Å². The zero-order chi connectivity index (χ0) is 12.7. The molecule has 5 heteroatoms. The van der Waals surface area contributed by atoms with Crippen LogP contribution in [0.1, 0.15) is 17.3 Å². The lowest BCUT2D eigenvalue weighted by Crippen LogP contribution is -2.24. The van der Waals surface area contributed by atoms with Gasteiger partial charge in [0.15, 0.2) is 0 Å². The fourth-order valence-corrected chi connectivity index (χ4v) is 1.32. The van der Waals surface area contributed by atoms with Crippen LogP contribution in [0.25, 0.3) is 0 Å². The summed E-state index contributed by atoms with van der Waals surface area (Å²) >= 11 is 0. The first-order valence-electron chi connectivity index (χ1n) is 5.48. The monoisotopic (exact) mass is 239 g/mol. The van der Waals surface area contributed by atoms with E-state index in [0.29, 0.717) is 17.9 Å². The van der Waals surface area contributed by atoms with Crippen molar-refractivity contribution in [3.05, 3.63) is 29.8 Å². The third-order valence-electron chi connectivity index (χ3n) is 2.16. The van der Waals surface area contributed by atoms with Crippen LogP contribution in [0.3, 0.4) is 0 Å². The van der Waals surface area contributed by atoms with Crippen molar-refractivity contribution in [1.82, 2.24) is 0 Å². The van der Waals surface area contributed by atoms with E-state index in [1.807, 2.05) is 0 Å². The van der Waals surface area contributed by atoms with Crippen molar-refractivity contribution in [2.75, 3.05) is 25.1 Å². The summed E-state index contributed by atoms with van der Waals surface area (Å²) in [5.41, 5.74) is 0.998. The first-order valence-corrected chi connectivity index (χ1v) is 5.48. The number of ether oxygens (including phenoxy) is 1. The maximum absolute atomic E-state index is 11.6. The normalized spacial score (nSPS) is 11.9. The lowest BCUT2D eigenvalue weighted by atomic mass is 10.1. The molecule has 1 aromatic rings. The van der Waals surface area contributed by atoms with Crippen LogP contribution in [-0.2, 0) is 4.74 Å². The van der Waals surface area contributed by atoms with E-state index in [1.54, 1.807) is 31.2 Å². The first-order chi connectivity index (χ1) is 8.19. The Labute approximate surface area is 100 Å². The van der Waals surface area contributed by atoms with E-state index in [1.165, 1.54) is 0 Å². The summed E-state index contributed by atoms with van der Waals surface area (Å²) in [6, 6.07) is 6.87. The maximum atomic E-state index is 11.6. The van der Waals surface area contributed by atoms with Gasteiger partial charge >= 0.3 is 5.97 Å². The average molecular weight is 239 g/mol. The quantitative estimate of drug-likeness (QED) is 0.634. The molecule has 0 aliphatic heterocycles. The van der Waals surface area contributed by atoms with Crippen LogP contribution in [-0.4, -0.2) is 42.0 Å². The summed E-state index contributed by atoms with van der Waals surface area (Å²) in [5.74, 6) is -0.408. The Morgan fingerprint density at radius 1 is 1.47 bits per heavy atom. The van der Waals surface area contributed by atoms with Gasteiger partial charge < -0.3 is 20.3 Å². The molecule has 0 aliphatic carbocycles. The number of benzene rings is 1. The molecule has 0 saturated heterocycles. The van der Waals surface area contributed by atoms with Crippen molar-refractivity contribution in [2.24, 2.45) is 0 Å². The Morgan fingerprint density at radius 3 is 2.82 bits per heavy atom. The highest BCUT2D eigenvalue weighted by atomic mass is 16.5. The lowest BCUT2D eigenvalue weighted by Gasteiger charge is -2.13.